The van der Waals surface area contributed by atoms with Crippen molar-refractivity contribution in [3.8, 4) is 0 Å². The van der Waals surface area contributed by atoms with E-state index >= 15 is 0 Å². The summed E-state index contributed by atoms with van der Waals surface area (Å²) in [6.45, 7) is 3.51. The molecule has 3 aliphatic rings. The lowest BCUT2D eigenvalue weighted by molar-refractivity contribution is -0.146. The number of likely N-dealkylation sites (N-methyl/N-ethyl adjacent to an activating group) is 1. The number of hydrogen-bond donors (Lipinski definition) is 1. The summed E-state index contributed by atoms with van der Waals surface area (Å²) in [6.07, 6.45) is 4.67. The summed E-state index contributed by atoms with van der Waals surface area (Å²) >= 11 is 1.45. The first-order valence-electron chi connectivity index (χ1n) is 13.8. The average molecular weight is 589 g/mol. The number of hydrogen-bond acceptors (Lipinski definition) is 8. The van der Waals surface area contributed by atoms with Crippen LogP contribution in [0, 0.1) is 5.92 Å². The van der Waals surface area contributed by atoms with Crippen LogP contribution in [0.1, 0.15) is 63.3 Å². The molecule has 3 aliphatic heterocycles. The van der Waals surface area contributed by atoms with Gasteiger partial charge in [0.05, 0.1) is 23.5 Å². The van der Waals surface area contributed by atoms with Crippen LogP contribution < -0.4 is 5.32 Å². The Morgan fingerprint density at radius 1 is 0.975 bits per heavy atom. The van der Waals surface area contributed by atoms with Crippen molar-refractivity contribution < 1.29 is 27.5 Å². The number of piperidine rings is 2. The fourth-order valence-electron chi connectivity index (χ4n) is 5.70. The molecule has 2 aromatic rings. The summed E-state index contributed by atoms with van der Waals surface area (Å²) in [5.41, 5.74) is 1.95. The number of amides is 2. The van der Waals surface area contributed by atoms with Gasteiger partial charge in [0, 0.05) is 49.7 Å². The summed E-state index contributed by atoms with van der Waals surface area (Å²) in [4.78, 5) is 44.0. The summed E-state index contributed by atoms with van der Waals surface area (Å²) in [7, 11) is -0.379. The highest BCUT2D eigenvalue weighted by Crippen LogP contribution is 2.38. The van der Waals surface area contributed by atoms with E-state index in [4.69, 9.17) is 4.74 Å². The second-order valence-electron chi connectivity index (χ2n) is 10.7. The van der Waals surface area contributed by atoms with Crippen LogP contribution in [0.3, 0.4) is 0 Å². The molecule has 0 saturated carbocycles. The van der Waals surface area contributed by atoms with E-state index in [0.717, 1.165) is 62.3 Å². The number of rotatable bonds is 6. The van der Waals surface area contributed by atoms with Crippen LogP contribution in [-0.4, -0.2) is 87.2 Å². The van der Waals surface area contributed by atoms with Crippen molar-refractivity contribution in [3.05, 3.63) is 45.8 Å². The summed E-state index contributed by atoms with van der Waals surface area (Å²) < 4.78 is 32.5. The number of fused-ring (bicyclic) bond motifs is 1. The maximum absolute atomic E-state index is 13.6. The number of thiophene rings is 1. The first-order chi connectivity index (χ1) is 19.2. The van der Waals surface area contributed by atoms with E-state index < -0.39 is 10.0 Å². The van der Waals surface area contributed by atoms with Crippen LogP contribution in [0.15, 0.2) is 29.2 Å². The Balaban J connectivity index is 1.32. The molecule has 0 bridgehead atoms. The zero-order valence-electron chi connectivity index (χ0n) is 23.0. The normalized spacial score (nSPS) is 19.2. The predicted octanol–water partition coefficient (Wildman–Crippen LogP) is 3.19. The Hall–Kier alpha value is -2.80. The van der Waals surface area contributed by atoms with Gasteiger partial charge in [0.25, 0.3) is 11.8 Å². The van der Waals surface area contributed by atoms with E-state index in [1.165, 1.54) is 47.0 Å². The van der Waals surface area contributed by atoms with Crippen LogP contribution in [0.5, 0.6) is 0 Å². The summed E-state index contributed by atoms with van der Waals surface area (Å²) in [5, 5.41) is 3.53. The molecular formula is C28H36N4O6S2. The number of ether oxygens (including phenoxy) is 1. The van der Waals surface area contributed by atoms with Crippen LogP contribution in [0.25, 0.3) is 0 Å². The molecule has 0 spiro atoms. The third-order valence-corrected chi connectivity index (χ3v) is 11.1. The largest absolute Gasteiger partial charge is 0.469 e. The highest BCUT2D eigenvalue weighted by molar-refractivity contribution is 7.89. The lowest BCUT2D eigenvalue weighted by atomic mass is 9.99. The second-order valence-corrected chi connectivity index (χ2v) is 13.8. The third kappa shape index (κ3) is 5.81. The van der Waals surface area contributed by atoms with Gasteiger partial charge in [-0.15, -0.1) is 11.3 Å². The van der Waals surface area contributed by atoms with E-state index in [0.29, 0.717) is 29.0 Å². The molecule has 10 nitrogen and oxygen atoms in total. The lowest BCUT2D eigenvalue weighted by Gasteiger charge is -2.29. The molecule has 40 heavy (non-hydrogen) atoms. The van der Waals surface area contributed by atoms with Gasteiger partial charge in [0.15, 0.2) is 0 Å². The molecule has 2 fully saturated rings. The number of likely N-dealkylation sites (tertiary alicyclic amines) is 1. The molecule has 0 unspecified atom stereocenters. The van der Waals surface area contributed by atoms with Crippen molar-refractivity contribution in [2.45, 2.75) is 50.0 Å². The van der Waals surface area contributed by atoms with Crippen molar-refractivity contribution in [2.75, 3.05) is 52.2 Å². The third-order valence-electron chi connectivity index (χ3n) is 8.07. The molecule has 12 heteroatoms. The van der Waals surface area contributed by atoms with Gasteiger partial charge < -0.3 is 19.9 Å². The van der Waals surface area contributed by atoms with E-state index in [-0.39, 0.29) is 41.7 Å². The molecule has 4 heterocycles. The van der Waals surface area contributed by atoms with Crippen LogP contribution in [0.2, 0.25) is 0 Å². The Labute approximate surface area is 239 Å². The number of anilines is 1. The van der Waals surface area contributed by atoms with E-state index in [9.17, 15) is 22.8 Å². The van der Waals surface area contributed by atoms with Crippen LogP contribution in [-0.2, 0) is 32.5 Å². The Morgan fingerprint density at radius 2 is 1.65 bits per heavy atom. The quantitative estimate of drug-likeness (QED) is 0.516. The molecule has 0 atom stereocenters. The summed E-state index contributed by atoms with van der Waals surface area (Å²) in [5.74, 6) is -1.01. The molecule has 1 aromatic carbocycles. The van der Waals surface area contributed by atoms with Gasteiger partial charge >= 0.3 is 5.97 Å². The molecule has 2 amide bonds. The van der Waals surface area contributed by atoms with E-state index in [2.05, 4.69) is 10.2 Å². The Bertz CT molecular complexity index is 1370. The number of carbonyl (C=O) groups is 3. The number of sulfonamides is 1. The number of nitrogens with one attached hydrogen (secondary N) is 1. The Kier molecular flexibility index (Phi) is 8.60. The first kappa shape index (κ1) is 28.7. The number of esters is 1. The average Bonchev–Trinajstić information content (AvgIpc) is 3.33. The minimum atomic E-state index is -3.76. The van der Waals surface area contributed by atoms with Gasteiger partial charge in [-0.25, -0.2) is 8.42 Å². The molecule has 1 N–H and O–H groups in total. The Morgan fingerprint density at radius 3 is 2.30 bits per heavy atom. The smallest absolute Gasteiger partial charge is 0.308 e. The van der Waals surface area contributed by atoms with Gasteiger partial charge in [0.1, 0.15) is 5.00 Å². The molecule has 5 rings (SSSR count). The fourth-order valence-corrected chi connectivity index (χ4v) is 8.49. The van der Waals surface area contributed by atoms with Gasteiger partial charge in [-0.1, -0.05) is 0 Å². The molecule has 2 saturated heterocycles. The monoisotopic (exact) mass is 588 g/mol. The standard InChI is InChI=1S/C28H36N4O6S2/c1-30-15-12-22-23(18-30)39-26(24(22)27(34)31-13-4-3-5-14-31)29-25(33)19-6-8-21(9-7-19)40(36,37)32-16-10-20(11-17-32)28(35)38-2/h6-9,20H,3-5,10-18H2,1-2H3,(H,29,33). The summed E-state index contributed by atoms with van der Waals surface area (Å²) in [6, 6.07) is 5.86. The molecule has 1 aromatic heterocycles. The number of methoxy groups -OCH3 is 1. The topological polar surface area (TPSA) is 116 Å². The zero-order valence-corrected chi connectivity index (χ0v) is 24.6. The fraction of sp³-hybridized carbons (Fsp3) is 0.536. The molecular weight excluding hydrogens is 552 g/mol. The zero-order chi connectivity index (χ0) is 28.4. The molecule has 0 aliphatic carbocycles. The SMILES string of the molecule is COC(=O)C1CCN(S(=O)(=O)c2ccc(C(=O)Nc3sc4c(c3C(=O)N3CCCCC3)CCN(C)C4)cc2)CC1. The van der Waals surface area contributed by atoms with Crippen molar-refractivity contribution in [1.29, 1.82) is 0 Å². The minimum absolute atomic E-state index is 0.0190. The van der Waals surface area contributed by atoms with Crippen molar-refractivity contribution in [2.24, 2.45) is 5.92 Å². The van der Waals surface area contributed by atoms with E-state index in [1.54, 1.807) is 0 Å². The van der Waals surface area contributed by atoms with Gasteiger partial charge in [-0.05, 0) is 75.4 Å². The number of nitrogens with zero attached hydrogens (tertiary/aromatic N) is 3. The van der Waals surface area contributed by atoms with Gasteiger partial charge in [-0.2, -0.15) is 4.31 Å². The van der Waals surface area contributed by atoms with Gasteiger partial charge in [0.2, 0.25) is 10.0 Å². The highest BCUT2D eigenvalue weighted by atomic mass is 32.2. The lowest BCUT2D eigenvalue weighted by Crippen LogP contribution is -2.40. The van der Waals surface area contributed by atoms with E-state index in [1.807, 2.05) is 11.9 Å². The maximum atomic E-state index is 13.6. The number of carbonyl (C=O) groups excluding carboxylic acids is 3. The van der Waals surface area contributed by atoms with Crippen LogP contribution >= 0.6 is 11.3 Å². The highest BCUT2D eigenvalue weighted by Gasteiger charge is 2.33. The maximum Gasteiger partial charge on any atom is 0.308 e. The van der Waals surface area contributed by atoms with Crippen molar-refractivity contribution in [3.63, 3.8) is 0 Å². The van der Waals surface area contributed by atoms with Gasteiger partial charge in [-0.3, -0.25) is 14.4 Å². The second kappa shape index (κ2) is 12.0. The van der Waals surface area contributed by atoms with Crippen molar-refractivity contribution in [1.82, 2.24) is 14.1 Å². The first-order valence-corrected chi connectivity index (χ1v) is 16.1. The van der Waals surface area contributed by atoms with Crippen LogP contribution in [0.4, 0.5) is 5.00 Å². The molecule has 216 valence electrons. The molecule has 0 radical (unpaired) electrons. The predicted molar refractivity (Wildman–Crippen MR) is 152 cm³/mol. The minimum Gasteiger partial charge on any atom is -0.469 e. The number of benzene rings is 1. The van der Waals surface area contributed by atoms with Crippen molar-refractivity contribution >= 4 is 44.1 Å².